The molecule has 0 atom stereocenters. The molecule has 2 aromatic rings. The second kappa shape index (κ2) is 5.18. The Bertz CT molecular complexity index is 563. The zero-order valence-electron chi connectivity index (χ0n) is 10.3. The summed E-state index contributed by atoms with van der Waals surface area (Å²) in [5.74, 6) is -0.0655. The number of nitrogens with two attached hydrogens (primary N) is 1. The van der Waals surface area contributed by atoms with Crippen LogP contribution in [0.5, 0.6) is 0 Å². The molecular weight excluding hydrogens is 246 g/mol. The largest absolute Gasteiger partial charge is 0.375 e. The van der Waals surface area contributed by atoms with Gasteiger partial charge in [0.15, 0.2) is 5.13 Å². The Balaban J connectivity index is 2.34. The van der Waals surface area contributed by atoms with Gasteiger partial charge < -0.3 is 11.1 Å². The highest BCUT2D eigenvalue weighted by atomic mass is 32.1. The standard InChI is InChI=1S/C13H15N3OS/c1-8(2)12(17)15-10-6-4-3-5-9(10)11-7-18-13(14)16-11/h3-8H,1-2H3,(H2,14,16)(H,15,17). The molecule has 0 radical (unpaired) electrons. The van der Waals surface area contributed by atoms with Gasteiger partial charge in [-0.25, -0.2) is 4.98 Å². The molecule has 0 spiro atoms. The Morgan fingerprint density at radius 1 is 1.39 bits per heavy atom. The second-order valence-electron chi connectivity index (χ2n) is 4.26. The smallest absolute Gasteiger partial charge is 0.226 e. The molecule has 5 heteroatoms. The molecule has 4 nitrogen and oxygen atoms in total. The molecule has 0 aliphatic heterocycles. The molecule has 0 fully saturated rings. The fourth-order valence-electron chi connectivity index (χ4n) is 1.50. The zero-order chi connectivity index (χ0) is 13.1. The lowest BCUT2D eigenvalue weighted by molar-refractivity contribution is -0.118. The number of hydrogen-bond donors (Lipinski definition) is 2. The van der Waals surface area contributed by atoms with Gasteiger partial charge in [0.05, 0.1) is 11.4 Å². The predicted octanol–water partition coefficient (Wildman–Crippen LogP) is 2.99. The van der Waals surface area contributed by atoms with E-state index in [4.69, 9.17) is 5.73 Å². The number of carbonyl (C=O) groups excluding carboxylic acids is 1. The number of para-hydroxylation sites is 1. The normalized spacial score (nSPS) is 10.6. The van der Waals surface area contributed by atoms with Crippen LogP contribution in [-0.4, -0.2) is 10.9 Å². The zero-order valence-corrected chi connectivity index (χ0v) is 11.1. The summed E-state index contributed by atoms with van der Waals surface area (Å²) in [4.78, 5) is 16.0. The maximum atomic E-state index is 11.7. The maximum absolute atomic E-state index is 11.7. The summed E-state index contributed by atoms with van der Waals surface area (Å²) in [6, 6.07) is 7.58. The fraction of sp³-hybridized carbons (Fsp3) is 0.231. The Kier molecular flexibility index (Phi) is 3.62. The van der Waals surface area contributed by atoms with Crippen LogP contribution in [-0.2, 0) is 4.79 Å². The minimum atomic E-state index is -0.0569. The van der Waals surface area contributed by atoms with Crippen LogP contribution in [0.25, 0.3) is 11.3 Å². The molecule has 18 heavy (non-hydrogen) atoms. The van der Waals surface area contributed by atoms with Crippen molar-refractivity contribution in [1.29, 1.82) is 0 Å². The molecule has 1 amide bonds. The minimum absolute atomic E-state index is 0.00866. The summed E-state index contributed by atoms with van der Waals surface area (Å²) in [5.41, 5.74) is 8.08. The van der Waals surface area contributed by atoms with Crippen molar-refractivity contribution in [2.24, 2.45) is 5.92 Å². The summed E-state index contributed by atoms with van der Waals surface area (Å²) in [7, 11) is 0. The molecule has 0 aliphatic carbocycles. The number of carbonyl (C=O) groups is 1. The molecule has 0 aliphatic rings. The monoisotopic (exact) mass is 261 g/mol. The summed E-state index contributed by atoms with van der Waals surface area (Å²) in [5, 5.41) is 5.31. The van der Waals surface area contributed by atoms with E-state index in [0.29, 0.717) is 5.13 Å². The number of hydrogen-bond acceptors (Lipinski definition) is 4. The minimum Gasteiger partial charge on any atom is -0.375 e. The number of nitrogens with zero attached hydrogens (tertiary/aromatic N) is 1. The van der Waals surface area contributed by atoms with E-state index in [9.17, 15) is 4.79 Å². The number of aromatic nitrogens is 1. The van der Waals surface area contributed by atoms with Crippen molar-refractivity contribution in [1.82, 2.24) is 4.98 Å². The molecule has 3 N–H and O–H groups in total. The molecule has 2 rings (SSSR count). The van der Waals surface area contributed by atoms with Gasteiger partial charge in [0.2, 0.25) is 5.91 Å². The summed E-state index contributed by atoms with van der Waals surface area (Å²) < 4.78 is 0. The number of nitrogen functional groups attached to an aromatic ring is 1. The molecule has 94 valence electrons. The number of amides is 1. The van der Waals surface area contributed by atoms with Crippen molar-refractivity contribution >= 4 is 28.1 Å². The van der Waals surface area contributed by atoms with E-state index in [1.165, 1.54) is 11.3 Å². The first-order valence-corrected chi connectivity index (χ1v) is 6.57. The summed E-state index contributed by atoms with van der Waals surface area (Å²) in [6.07, 6.45) is 0. The highest BCUT2D eigenvalue weighted by Crippen LogP contribution is 2.29. The van der Waals surface area contributed by atoms with Crippen molar-refractivity contribution < 1.29 is 4.79 Å². The van der Waals surface area contributed by atoms with Gasteiger partial charge in [-0.05, 0) is 6.07 Å². The van der Waals surface area contributed by atoms with Crippen LogP contribution in [0.4, 0.5) is 10.8 Å². The highest BCUT2D eigenvalue weighted by Gasteiger charge is 2.12. The van der Waals surface area contributed by atoms with E-state index in [2.05, 4.69) is 10.3 Å². The van der Waals surface area contributed by atoms with Crippen molar-refractivity contribution in [2.75, 3.05) is 11.1 Å². The van der Waals surface area contributed by atoms with Gasteiger partial charge in [0, 0.05) is 16.9 Å². The molecule has 0 bridgehead atoms. The van der Waals surface area contributed by atoms with Crippen molar-refractivity contribution in [3.63, 3.8) is 0 Å². The number of rotatable bonds is 3. The van der Waals surface area contributed by atoms with E-state index < -0.39 is 0 Å². The van der Waals surface area contributed by atoms with Crippen LogP contribution in [0.1, 0.15) is 13.8 Å². The number of anilines is 2. The van der Waals surface area contributed by atoms with E-state index >= 15 is 0 Å². The van der Waals surface area contributed by atoms with Gasteiger partial charge in [-0.1, -0.05) is 32.0 Å². The SMILES string of the molecule is CC(C)C(=O)Nc1ccccc1-c1csc(N)n1. The quantitative estimate of drug-likeness (QED) is 0.892. The first-order valence-electron chi connectivity index (χ1n) is 5.69. The lowest BCUT2D eigenvalue weighted by Gasteiger charge is -2.11. The van der Waals surface area contributed by atoms with Gasteiger partial charge in [-0.15, -0.1) is 11.3 Å². The van der Waals surface area contributed by atoms with Crippen LogP contribution in [0.2, 0.25) is 0 Å². The van der Waals surface area contributed by atoms with Crippen LogP contribution >= 0.6 is 11.3 Å². The maximum Gasteiger partial charge on any atom is 0.226 e. The van der Waals surface area contributed by atoms with Gasteiger partial charge >= 0.3 is 0 Å². The third-order valence-corrected chi connectivity index (χ3v) is 3.18. The van der Waals surface area contributed by atoms with Gasteiger partial charge in [-0.3, -0.25) is 4.79 Å². The fourth-order valence-corrected chi connectivity index (χ4v) is 2.07. The molecular formula is C13H15N3OS. The molecule has 1 heterocycles. The second-order valence-corrected chi connectivity index (χ2v) is 5.15. The Morgan fingerprint density at radius 2 is 2.11 bits per heavy atom. The van der Waals surface area contributed by atoms with Gasteiger partial charge in [0.25, 0.3) is 0 Å². The van der Waals surface area contributed by atoms with Crippen LogP contribution < -0.4 is 11.1 Å². The van der Waals surface area contributed by atoms with Crippen molar-refractivity contribution in [2.45, 2.75) is 13.8 Å². The lowest BCUT2D eigenvalue weighted by atomic mass is 10.1. The van der Waals surface area contributed by atoms with E-state index in [1.807, 2.05) is 43.5 Å². The Morgan fingerprint density at radius 3 is 2.72 bits per heavy atom. The van der Waals surface area contributed by atoms with Gasteiger partial charge in [-0.2, -0.15) is 0 Å². The van der Waals surface area contributed by atoms with Crippen LogP contribution in [0, 0.1) is 5.92 Å². The molecule has 0 unspecified atom stereocenters. The Hall–Kier alpha value is -1.88. The third kappa shape index (κ3) is 2.68. The molecule has 1 aromatic heterocycles. The van der Waals surface area contributed by atoms with Crippen LogP contribution in [0.3, 0.4) is 0 Å². The third-order valence-electron chi connectivity index (χ3n) is 2.51. The Labute approximate surface area is 110 Å². The molecule has 0 saturated carbocycles. The first kappa shape index (κ1) is 12.6. The van der Waals surface area contributed by atoms with Crippen molar-refractivity contribution in [3.8, 4) is 11.3 Å². The summed E-state index contributed by atoms with van der Waals surface area (Å²) >= 11 is 1.39. The number of benzene rings is 1. The van der Waals surface area contributed by atoms with Gasteiger partial charge in [0.1, 0.15) is 0 Å². The predicted molar refractivity (Wildman–Crippen MR) is 75.4 cm³/mol. The van der Waals surface area contributed by atoms with Crippen LogP contribution in [0.15, 0.2) is 29.6 Å². The van der Waals surface area contributed by atoms with E-state index in [0.717, 1.165) is 16.9 Å². The molecule has 1 aromatic carbocycles. The number of nitrogens with one attached hydrogen (secondary N) is 1. The average molecular weight is 261 g/mol. The lowest BCUT2D eigenvalue weighted by Crippen LogP contribution is -2.18. The number of thiazole rings is 1. The topological polar surface area (TPSA) is 68.0 Å². The van der Waals surface area contributed by atoms with E-state index in [1.54, 1.807) is 0 Å². The highest BCUT2D eigenvalue weighted by molar-refractivity contribution is 7.13. The average Bonchev–Trinajstić information content (AvgIpc) is 2.76. The van der Waals surface area contributed by atoms with Crippen molar-refractivity contribution in [3.05, 3.63) is 29.6 Å². The molecule has 0 saturated heterocycles. The summed E-state index contributed by atoms with van der Waals surface area (Å²) in [6.45, 7) is 3.72. The van der Waals surface area contributed by atoms with E-state index in [-0.39, 0.29) is 11.8 Å². The first-order chi connectivity index (χ1) is 8.58.